The lowest BCUT2D eigenvalue weighted by Gasteiger charge is -2.52. The number of ether oxygens (including phenoxy) is 1. The summed E-state index contributed by atoms with van der Waals surface area (Å²) in [6, 6.07) is 0.549. The summed E-state index contributed by atoms with van der Waals surface area (Å²) >= 11 is 0. The molecule has 0 radical (unpaired) electrons. The second-order valence-corrected chi connectivity index (χ2v) is 6.09. The summed E-state index contributed by atoms with van der Waals surface area (Å²) in [6.07, 6.45) is 3.87. The van der Waals surface area contributed by atoms with Gasteiger partial charge in [-0.15, -0.1) is 0 Å². The van der Waals surface area contributed by atoms with Crippen molar-refractivity contribution in [3.05, 3.63) is 0 Å². The second-order valence-electron chi connectivity index (χ2n) is 6.09. The molecule has 0 amide bonds. The Bertz CT molecular complexity index is 248. The van der Waals surface area contributed by atoms with Crippen molar-refractivity contribution >= 4 is 0 Å². The molecule has 2 rings (SSSR count). The van der Waals surface area contributed by atoms with Gasteiger partial charge in [-0.05, 0) is 26.2 Å². The van der Waals surface area contributed by atoms with Crippen LogP contribution in [-0.4, -0.2) is 37.0 Å². The average molecular weight is 227 g/mol. The van der Waals surface area contributed by atoms with Gasteiger partial charge in [-0.3, -0.25) is 0 Å². The average Bonchev–Trinajstić information content (AvgIpc) is 3.03. The van der Waals surface area contributed by atoms with Crippen LogP contribution < -0.4 is 5.32 Å². The van der Waals surface area contributed by atoms with Crippen LogP contribution in [0.4, 0.5) is 0 Å². The number of aliphatic hydroxyl groups is 1. The molecule has 0 bridgehead atoms. The van der Waals surface area contributed by atoms with Gasteiger partial charge in [-0.1, -0.05) is 13.8 Å². The molecule has 2 aliphatic rings. The summed E-state index contributed by atoms with van der Waals surface area (Å²) in [4.78, 5) is 0. The van der Waals surface area contributed by atoms with E-state index in [1.807, 2.05) is 0 Å². The summed E-state index contributed by atoms with van der Waals surface area (Å²) in [5.74, 6) is 0. The molecule has 0 spiro atoms. The molecule has 0 aromatic carbocycles. The van der Waals surface area contributed by atoms with Crippen molar-refractivity contribution in [3.63, 3.8) is 0 Å². The minimum absolute atomic E-state index is 0.215. The lowest BCUT2D eigenvalue weighted by Crippen LogP contribution is -2.61. The Labute approximate surface area is 98.6 Å². The maximum absolute atomic E-state index is 9.26. The number of hydrogen-bond donors (Lipinski definition) is 2. The molecule has 0 heterocycles. The van der Waals surface area contributed by atoms with Crippen LogP contribution in [0.1, 0.15) is 40.0 Å². The molecule has 94 valence electrons. The minimum Gasteiger partial charge on any atom is -0.396 e. The third-order valence-corrected chi connectivity index (χ3v) is 4.56. The van der Waals surface area contributed by atoms with Gasteiger partial charge in [0.05, 0.1) is 6.10 Å². The number of nitrogens with one attached hydrogen (secondary N) is 1. The van der Waals surface area contributed by atoms with Crippen molar-refractivity contribution in [2.24, 2.45) is 10.8 Å². The quantitative estimate of drug-likeness (QED) is 0.723. The van der Waals surface area contributed by atoms with Crippen LogP contribution in [0.15, 0.2) is 0 Å². The maximum Gasteiger partial charge on any atom is 0.0655 e. The first-order valence-electron chi connectivity index (χ1n) is 6.50. The summed E-state index contributed by atoms with van der Waals surface area (Å²) in [6.45, 7) is 8.71. The molecule has 3 heteroatoms. The lowest BCUT2D eigenvalue weighted by atomic mass is 9.64. The van der Waals surface area contributed by atoms with Crippen molar-refractivity contribution in [2.45, 2.75) is 52.2 Å². The largest absolute Gasteiger partial charge is 0.396 e. The Balaban J connectivity index is 1.76. The molecule has 16 heavy (non-hydrogen) atoms. The lowest BCUT2D eigenvalue weighted by molar-refractivity contribution is -0.115. The molecule has 2 fully saturated rings. The van der Waals surface area contributed by atoms with Gasteiger partial charge in [0.1, 0.15) is 0 Å². The molecule has 2 aliphatic carbocycles. The Hall–Kier alpha value is -0.120. The van der Waals surface area contributed by atoms with Crippen LogP contribution in [0.3, 0.4) is 0 Å². The number of hydrogen-bond acceptors (Lipinski definition) is 3. The highest BCUT2D eigenvalue weighted by molar-refractivity contribution is 5.05. The van der Waals surface area contributed by atoms with Crippen molar-refractivity contribution in [2.75, 3.05) is 19.8 Å². The summed E-state index contributed by atoms with van der Waals surface area (Å²) in [5, 5.41) is 12.9. The maximum atomic E-state index is 9.26. The fourth-order valence-corrected chi connectivity index (χ4v) is 2.62. The number of rotatable bonds is 6. The molecule has 0 aromatic heterocycles. The Kier molecular flexibility index (Phi) is 3.30. The smallest absolute Gasteiger partial charge is 0.0655 e. The SMILES string of the molecule is CCOC1CC(NCC2(CO)CC2)C1(C)C. The molecule has 0 aromatic rings. The van der Waals surface area contributed by atoms with E-state index < -0.39 is 0 Å². The number of aliphatic hydroxyl groups excluding tert-OH is 1. The molecule has 2 unspecified atom stereocenters. The van der Waals surface area contributed by atoms with E-state index in [1.54, 1.807) is 0 Å². The Morgan fingerprint density at radius 2 is 2.06 bits per heavy atom. The van der Waals surface area contributed by atoms with E-state index in [1.165, 1.54) is 12.8 Å². The summed E-state index contributed by atoms with van der Waals surface area (Å²) < 4.78 is 5.71. The van der Waals surface area contributed by atoms with Gasteiger partial charge in [0.15, 0.2) is 0 Å². The van der Waals surface area contributed by atoms with Crippen molar-refractivity contribution in [1.82, 2.24) is 5.32 Å². The molecule has 2 saturated carbocycles. The van der Waals surface area contributed by atoms with E-state index >= 15 is 0 Å². The third kappa shape index (κ3) is 2.13. The first-order chi connectivity index (χ1) is 7.54. The molecule has 2 atom stereocenters. The molecular formula is C13H25NO2. The highest BCUT2D eigenvalue weighted by Crippen LogP contribution is 2.47. The highest BCUT2D eigenvalue weighted by Gasteiger charge is 2.50. The summed E-state index contributed by atoms with van der Waals surface area (Å²) in [7, 11) is 0. The Morgan fingerprint density at radius 3 is 2.50 bits per heavy atom. The van der Waals surface area contributed by atoms with Crippen LogP contribution in [0.2, 0.25) is 0 Å². The molecular weight excluding hydrogens is 202 g/mol. The van der Waals surface area contributed by atoms with Crippen molar-refractivity contribution in [3.8, 4) is 0 Å². The predicted molar refractivity (Wildman–Crippen MR) is 64.4 cm³/mol. The Morgan fingerprint density at radius 1 is 1.38 bits per heavy atom. The van der Waals surface area contributed by atoms with Crippen LogP contribution in [0.5, 0.6) is 0 Å². The fraction of sp³-hybridized carbons (Fsp3) is 1.00. The van der Waals surface area contributed by atoms with Gasteiger partial charge >= 0.3 is 0 Å². The van der Waals surface area contributed by atoms with Gasteiger partial charge in [0, 0.05) is 36.6 Å². The normalized spacial score (nSPS) is 34.5. The topological polar surface area (TPSA) is 41.5 Å². The summed E-state index contributed by atoms with van der Waals surface area (Å²) in [5.41, 5.74) is 0.453. The monoisotopic (exact) mass is 227 g/mol. The standard InChI is InChI=1S/C13H25NO2/c1-4-16-11-7-10(12(11,2)3)14-8-13(9-15)5-6-13/h10-11,14-15H,4-9H2,1-3H3. The molecule has 0 aliphatic heterocycles. The van der Waals surface area contributed by atoms with E-state index in [9.17, 15) is 5.11 Å². The van der Waals surface area contributed by atoms with Gasteiger partial charge in [0.25, 0.3) is 0 Å². The molecule has 2 N–H and O–H groups in total. The van der Waals surface area contributed by atoms with Crippen LogP contribution in [0.25, 0.3) is 0 Å². The zero-order valence-electron chi connectivity index (χ0n) is 10.8. The second kappa shape index (κ2) is 4.28. The van der Waals surface area contributed by atoms with E-state index in [0.717, 1.165) is 19.6 Å². The van der Waals surface area contributed by atoms with Crippen molar-refractivity contribution in [1.29, 1.82) is 0 Å². The van der Waals surface area contributed by atoms with Crippen LogP contribution in [-0.2, 0) is 4.74 Å². The fourth-order valence-electron chi connectivity index (χ4n) is 2.62. The first kappa shape index (κ1) is 12.3. The van der Waals surface area contributed by atoms with E-state index in [-0.39, 0.29) is 10.8 Å². The van der Waals surface area contributed by atoms with Crippen LogP contribution in [0, 0.1) is 10.8 Å². The van der Waals surface area contributed by atoms with Crippen molar-refractivity contribution < 1.29 is 9.84 Å². The van der Waals surface area contributed by atoms with Gasteiger partial charge in [-0.25, -0.2) is 0 Å². The van der Waals surface area contributed by atoms with Gasteiger partial charge in [0.2, 0.25) is 0 Å². The van der Waals surface area contributed by atoms with E-state index in [4.69, 9.17) is 4.74 Å². The minimum atomic E-state index is 0.215. The van der Waals surface area contributed by atoms with Gasteiger partial charge < -0.3 is 15.2 Å². The zero-order chi connectivity index (χ0) is 11.8. The highest BCUT2D eigenvalue weighted by atomic mass is 16.5. The molecule has 3 nitrogen and oxygen atoms in total. The molecule has 0 saturated heterocycles. The zero-order valence-corrected chi connectivity index (χ0v) is 10.8. The first-order valence-corrected chi connectivity index (χ1v) is 6.50. The van der Waals surface area contributed by atoms with Crippen LogP contribution >= 0.6 is 0 Å². The third-order valence-electron chi connectivity index (χ3n) is 4.56. The van der Waals surface area contributed by atoms with E-state index in [0.29, 0.717) is 18.8 Å². The van der Waals surface area contributed by atoms with E-state index in [2.05, 4.69) is 26.1 Å². The van der Waals surface area contributed by atoms with Gasteiger partial charge in [-0.2, -0.15) is 0 Å². The predicted octanol–water partition coefficient (Wildman–Crippen LogP) is 1.55.